The van der Waals surface area contributed by atoms with Crippen molar-refractivity contribution >= 4 is 11.7 Å². The molecule has 116 valence electrons. The van der Waals surface area contributed by atoms with Crippen LogP contribution in [0.5, 0.6) is 5.75 Å². The minimum atomic E-state index is -0.130. The summed E-state index contributed by atoms with van der Waals surface area (Å²) in [4.78, 5) is 14.4. The van der Waals surface area contributed by atoms with Gasteiger partial charge in [-0.2, -0.15) is 0 Å². The van der Waals surface area contributed by atoms with Crippen LogP contribution in [0, 0.1) is 0 Å². The van der Waals surface area contributed by atoms with Crippen molar-refractivity contribution in [3.8, 4) is 5.75 Å². The molecule has 0 aliphatic carbocycles. The first-order valence-electron chi connectivity index (χ1n) is 7.65. The summed E-state index contributed by atoms with van der Waals surface area (Å²) in [6.45, 7) is 5.50. The van der Waals surface area contributed by atoms with Gasteiger partial charge < -0.3 is 20.3 Å². The van der Waals surface area contributed by atoms with E-state index in [4.69, 9.17) is 4.74 Å². The average Bonchev–Trinajstić information content (AvgIpc) is 2.50. The van der Waals surface area contributed by atoms with E-state index < -0.39 is 0 Å². The van der Waals surface area contributed by atoms with Crippen LogP contribution < -0.4 is 15.4 Å². The molecule has 1 aliphatic heterocycles. The standard InChI is InChI=1S/C16H25N3O2/c1-3-10-19-11-8-14(9-12-19)18-16(20)17-13-4-6-15(21-2)7-5-13/h4-7,14H,3,8-12H2,1-2H3,(H2,17,18,20). The van der Waals surface area contributed by atoms with Gasteiger partial charge >= 0.3 is 6.03 Å². The number of carbonyl (C=O) groups excluding carboxylic acids is 1. The fraction of sp³-hybridized carbons (Fsp3) is 0.562. The van der Waals surface area contributed by atoms with Gasteiger partial charge in [0, 0.05) is 24.8 Å². The smallest absolute Gasteiger partial charge is 0.319 e. The highest BCUT2D eigenvalue weighted by Crippen LogP contribution is 2.15. The molecule has 2 rings (SSSR count). The van der Waals surface area contributed by atoms with E-state index in [0.717, 1.165) is 43.9 Å². The SMILES string of the molecule is CCCN1CCC(NC(=O)Nc2ccc(OC)cc2)CC1. The summed E-state index contributed by atoms with van der Waals surface area (Å²) >= 11 is 0. The van der Waals surface area contributed by atoms with E-state index >= 15 is 0 Å². The fourth-order valence-electron chi connectivity index (χ4n) is 2.64. The number of ether oxygens (including phenoxy) is 1. The second kappa shape index (κ2) is 7.88. The Hall–Kier alpha value is -1.75. The molecule has 1 fully saturated rings. The van der Waals surface area contributed by atoms with Crippen molar-refractivity contribution in [1.82, 2.24) is 10.2 Å². The molecule has 1 aromatic carbocycles. The first kappa shape index (κ1) is 15.6. The number of nitrogens with one attached hydrogen (secondary N) is 2. The molecule has 21 heavy (non-hydrogen) atoms. The molecular weight excluding hydrogens is 266 g/mol. The predicted molar refractivity (Wildman–Crippen MR) is 84.9 cm³/mol. The molecule has 1 saturated heterocycles. The molecule has 0 spiro atoms. The molecule has 2 N–H and O–H groups in total. The minimum Gasteiger partial charge on any atom is -0.497 e. The Kier molecular flexibility index (Phi) is 5.87. The maximum Gasteiger partial charge on any atom is 0.319 e. The molecule has 0 aromatic heterocycles. The number of piperidine rings is 1. The maximum atomic E-state index is 12.0. The summed E-state index contributed by atoms with van der Waals surface area (Å²) in [6.07, 6.45) is 3.24. The summed E-state index contributed by atoms with van der Waals surface area (Å²) < 4.78 is 5.09. The van der Waals surface area contributed by atoms with Crippen LogP contribution in [0.25, 0.3) is 0 Å². The van der Waals surface area contributed by atoms with Crippen LogP contribution in [0.3, 0.4) is 0 Å². The number of rotatable bonds is 5. The lowest BCUT2D eigenvalue weighted by Gasteiger charge is -2.32. The summed E-state index contributed by atoms with van der Waals surface area (Å²) in [5, 5.41) is 5.91. The van der Waals surface area contributed by atoms with Crippen molar-refractivity contribution in [2.24, 2.45) is 0 Å². The number of urea groups is 1. The van der Waals surface area contributed by atoms with Gasteiger partial charge in [-0.1, -0.05) is 6.92 Å². The highest BCUT2D eigenvalue weighted by atomic mass is 16.5. The van der Waals surface area contributed by atoms with Crippen LogP contribution in [-0.2, 0) is 0 Å². The second-order valence-electron chi connectivity index (χ2n) is 5.44. The van der Waals surface area contributed by atoms with Crippen molar-refractivity contribution in [1.29, 1.82) is 0 Å². The molecule has 0 atom stereocenters. The van der Waals surface area contributed by atoms with Gasteiger partial charge in [0.2, 0.25) is 0 Å². The van der Waals surface area contributed by atoms with Crippen LogP contribution in [0.4, 0.5) is 10.5 Å². The quantitative estimate of drug-likeness (QED) is 0.877. The van der Waals surface area contributed by atoms with E-state index in [9.17, 15) is 4.79 Å². The zero-order valence-electron chi connectivity index (χ0n) is 12.9. The van der Waals surface area contributed by atoms with Gasteiger partial charge in [0.1, 0.15) is 5.75 Å². The summed E-state index contributed by atoms with van der Waals surface area (Å²) in [6, 6.07) is 7.48. The van der Waals surface area contributed by atoms with Crippen molar-refractivity contribution < 1.29 is 9.53 Å². The lowest BCUT2D eigenvalue weighted by Crippen LogP contribution is -2.46. The monoisotopic (exact) mass is 291 g/mol. The van der Waals surface area contributed by atoms with Crippen molar-refractivity contribution in [3.05, 3.63) is 24.3 Å². The molecular formula is C16H25N3O2. The minimum absolute atomic E-state index is 0.130. The number of hydrogen-bond acceptors (Lipinski definition) is 3. The van der Waals surface area contributed by atoms with Gasteiger partial charge in [0.25, 0.3) is 0 Å². The number of carbonyl (C=O) groups is 1. The topological polar surface area (TPSA) is 53.6 Å². The zero-order chi connectivity index (χ0) is 15.1. The molecule has 0 radical (unpaired) electrons. The summed E-state index contributed by atoms with van der Waals surface area (Å²) in [5.74, 6) is 0.782. The number of hydrogen-bond donors (Lipinski definition) is 2. The first-order valence-corrected chi connectivity index (χ1v) is 7.65. The Morgan fingerprint density at radius 1 is 1.29 bits per heavy atom. The third kappa shape index (κ3) is 4.93. The molecule has 1 aliphatic rings. The molecule has 5 nitrogen and oxygen atoms in total. The second-order valence-corrected chi connectivity index (χ2v) is 5.44. The maximum absolute atomic E-state index is 12.0. The van der Waals surface area contributed by atoms with Crippen molar-refractivity contribution in [2.75, 3.05) is 32.1 Å². The molecule has 5 heteroatoms. The zero-order valence-corrected chi connectivity index (χ0v) is 12.9. The van der Waals surface area contributed by atoms with E-state index in [1.165, 1.54) is 6.42 Å². The summed E-state index contributed by atoms with van der Waals surface area (Å²) in [5.41, 5.74) is 0.775. The predicted octanol–water partition coefficient (Wildman–Crippen LogP) is 2.69. The molecule has 2 amide bonds. The van der Waals surface area contributed by atoms with Crippen LogP contribution in [0.15, 0.2) is 24.3 Å². The highest BCUT2D eigenvalue weighted by Gasteiger charge is 2.19. The third-order valence-corrected chi connectivity index (χ3v) is 3.81. The highest BCUT2D eigenvalue weighted by molar-refractivity contribution is 5.89. The normalized spacial score (nSPS) is 16.5. The van der Waals surface area contributed by atoms with Gasteiger partial charge in [-0.25, -0.2) is 4.79 Å². The lowest BCUT2D eigenvalue weighted by atomic mass is 10.1. The number of nitrogens with zero attached hydrogens (tertiary/aromatic N) is 1. The largest absolute Gasteiger partial charge is 0.497 e. The van der Waals surface area contributed by atoms with Gasteiger partial charge in [0.05, 0.1) is 7.11 Å². The van der Waals surface area contributed by atoms with Crippen LogP contribution in [-0.4, -0.2) is 43.7 Å². The third-order valence-electron chi connectivity index (χ3n) is 3.81. The number of likely N-dealkylation sites (tertiary alicyclic amines) is 1. The Morgan fingerprint density at radius 2 is 1.95 bits per heavy atom. The van der Waals surface area contributed by atoms with Crippen LogP contribution in [0.1, 0.15) is 26.2 Å². The Labute approximate surface area is 126 Å². The van der Waals surface area contributed by atoms with Gasteiger partial charge in [-0.05, 0) is 50.1 Å². The molecule has 1 aromatic rings. The van der Waals surface area contributed by atoms with Crippen LogP contribution in [0.2, 0.25) is 0 Å². The van der Waals surface area contributed by atoms with Crippen LogP contribution >= 0.6 is 0 Å². The van der Waals surface area contributed by atoms with E-state index in [1.807, 2.05) is 24.3 Å². The number of anilines is 1. The van der Waals surface area contributed by atoms with Gasteiger partial charge in [-0.15, -0.1) is 0 Å². The Morgan fingerprint density at radius 3 is 2.52 bits per heavy atom. The van der Waals surface area contributed by atoms with Crippen molar-refractivity contribution in [3.63, 3.8) is 0 Å². The number of benzene rings is 1. The number of methoxy groups -OCH3 is 1. The van der Waals surface area contributed by atoms with E-state index in [-0.39, 0.29) is 12.1 Å². The Balaban J connectivity index is 1.74. The molecule has 0 bridgehead atoms. The molecule has 1 heterocycles. The Bertz CT molecular complexity index is 439. The molecule has 0 unspecified atom stereocenters. The fourth-order valence-corrected chi connectivity index (χ4v) is 2.64. The lowest BCUT2D eigenvalue weighted by molar-refractivity contribution is 0.196. The van der Waals surface area contributed by atoms with E-state index in [1.54, 1.807) is 7.11 Å². The first-order chi connectivity index (χ1) is 10.2. The average molecular weight is 291 g/mol. The summed E-state index contributed by atoms with van der Waals surface area (Å²) in [7, 11) is 1.63. The van der Waals surface area contributed by atoms with Crippen molar-refractivity contribution in [2.45, 2.75) is 32.2 Å². The van der Waals surface area contributed by atoms with E-state index in [2.05, 4.69) is 22.5 Å². The van der Waals surface area contributed by atoms with Gasteiger partial charge in [0.15, 0.2) is 0 Å². The number of amides is 2. The molecule has 0 saturated carbocycles. The van der Waals surface area contributed by atoms with E-state index in [0.29, 0.717) is 0 Å². The van der Waals surface area contributed by atoms with Gasteiger partial charge in [-0.3, -0.25) is 0 Å².